The summed E-state index contributed by atoms with van der Waals surface area (Å²) in [5.74, 6) is 1.86. The molecule has 16 heavy (non-hydrogen) atoms. The van der Waals surface area contributed by atoms with E-state index < -0.39 is 0 Å². The number of nitrogens with one attached hydrogen (secondary N) is 1. The van der Waals surface area contributed by atoms with E-state index in [-0.39, 0.29) is 0 Å². The van der Waals surface area contributed by atoms with Crippen molar-refractivity contribution in [3.05, 3.63) is 35.6 Å². The molecule has 2 aromatic rings. The topological polar surface area (TPSA) is 25.2 Å². The molecule has 2 heteroatoms. The van der Waals surface area contributed by atoms with Crippen LogP contribution in [0.15, 0.2) is 28.7 Å². The summed E-state index contributed by atoms with van der Waals surface area (Å²) in [6.07, 6.45) is 2.64. The van der Waals surface area contributed by atoms with Crippen molar-refractivity contribution < 1.29 is 4.42 Å². The number of rotatable bonds is 3. The van der Waals surface area contributed by atoms with E-state index in [9.17, 15) is 0 Å². The Morgan fingerprint density at radius 1 is 1.31 bits per heavy atom. The molecule has 0 radical (unpaired) electrons. The zero-order chi connectivity index (χ0) is 11.1. The van der Waals surface area contributed by atoms with Crippen LogP contribution in [0.2, 0.25) is 0 Å². The van der Waals surface area contributed by atoms with E-state index >= 15 is 0 Å². The summed E-state index contributed by atoms with van der Waals surface area (Å²) in [5.41, 5.74) is 2.29. The van der Waals surface area contributed by atoms with Gasteiger partial charge in [-0.05, 0) is 50.9 Å². The summed E-state index contributed by atoms with van der Waals surface area (Å²) in [6, 6.07) is 8.92. The lowest BCUT2D eigenvalue weighted by Gasteiger charge is -2.11. The molecule has 1 aliphatic carbocycles. The molecule has 0 amide bonds. The van der Waals surface area contributed by atoms with Gasteiger partial charge in [0.25, 0.3) is 0 Å². The van der Waals surface area contributed by atoms with Gasteiger partial charge in [0.05, 0.1) is 6.04 Å². The lowest BCUT2D eigenvalue weighted by Crippen LogP contribution is -2.17. The molecule has 1 heterocycles. The number of hydrogen-bond acceptors (Lipinski definition) is 2. The van der Waals surface area contributed by atoms with Crippen LogP contribution in [0.5, 0.6) is 0 Å². The van der Waals surface area contributed by atoms with Gasteiger partial charge < -0.3 is 9.73 Å². The fourth-order valence-corrected chi connectivity index (χ4v) is 2.38. The van der Waals surface area contributed by atoms with Crippen molar-refractivity contribution in [2.75, 3.05) is 7.05 Å². The van der Waals surface area contributed by atoms with Crippen LogP contribution < -0.4 is 5.32 Å². The molecule has 1 fully saturated rings. The summed E-state index contributed by atoms with van der Waals surface area (Å²) in [7, 11) is 2.02. The van der Waals surface area contributed by atoms with E-state index in [1.807, 2.05) is 7.05 Å². The molecular weight excluding hydrogens is 198 g/mol. The summed E-state index contributed by atoms with van der Waals surface area (Å²) in [6.45, 7) is 2.11. The highest BCUT2D eigenvalue weighted by Gasteiger charge is 2.33. The fraction of sp³-hybridized carbons (Fsp3) is 0.429. The molecule has 1 aliphatic rings. The monoisotopic (exact) mass is 215 g/mol. The van der Waals surface area contributed by atoms with Crippen molar-refractivity contribution in [2.45, 2.75) is 25.8 Å². The summed E-state index contributed by atoms with van der Waals surface area (Å²) < 4.78 is 5.91. The largest absolute Gasteiger partial charge is 0.459 e. The Kier molecular flexibility index (Phi) is 2.25. The van der Waals surface area contributed by atoms with Crippen LogP contribution >= 0.6 is 0 Å². The molecule has 0 bridgehead atoms. The van der Waals surface area contributed by atoms with Crippen LogP contribution in [-0.2, 0) is 0 Å². The van der Waals surface area contributed by atoms with E-state index in [0.717, 1.165) is 17.3 Å². The van der Waals surface area contributed by atoms with Crippen LogP contribution in [0.4, 0.5) is 0 Å². The molecule has 2 nitrogen and oxygen atoms in total. The van der Waals surface area contributed by atoms with Gasteiger partial charge in [-0.25, -0.2) is 0 Å². The second kappa shape index (κ2) is 3.63. The first-order valence-electron chi connectivity index (χ1n) is 5.95. The standard InChI is InChI=1S/C14H17NO/c1-9-3-6-12-11(7-9)8-13(16-12)14(15-2)10-4-5-10/h3,6-8,10,14-15H,4-5H2,1-2H3. The molecule has 1 atom stereocenters. The van der Waals surface area contributed by atoms with Crippen molar-refractivity contribution >= 4 is 11.0 Å². The Labute approximate surface area is 95.6 Å². The highest BCUT2D eigenvalue weighted by atomic mass is 16.3. The molecule has 1 unspecified atom stereocenters. The van der Waals surface area contributed by atoms with E-state index in [2.05, 4.69) is 36.5 Å². The van der Waals surface area contributed by atoms with Crippen molar-refractivity contribution in [1.82, 2.24) is 5.32 Å². The van der Waals surface area contributed by atoms with Crippen molar-refractivity contribution in [2.24, 2.45) is 5.92 Å². The van der Waals surface area contributed by atoms with Crippen LogP contribution in [0.25, 0.3) is 11.0 Å². The number of fused-ring (bicyclic) bond motifs is 1. The van der Waals surface area contributed by atoms with Gasteiger partial charge in [-0.15, -0.1) is 0 Å². The van der Waals surface area contributed by atoms with Gasteiger partial charge in [0, 0.05) is 5.39 Å². The van der Waals surface area contributed by atoms with Gasteiger partial charge in [-0.3, -0.25) is 0 Å². The minimum Gasteiger partial charge on any atom is -0.459 e. The second-order valence-electron chi connectivity index (χ2n) is 4.79. The summed E-state index contributed by atoms with van der Waals surface area (Å²) >= 11 is 0. The number of aryl methyl sites for hydroxylation is 1. The summed E-state index contributed by atoms with van der Waals surface area (Å²) in [5, 5.41) is 4.58. The third-order valence-corrected chi connectivity index (χ3v) is 3.40. The number of benzene rings is 1. The second-order valence-corrected chi connectivity index (χ2v) is 4.79. The van der Waals surface area contributed by atoms with Gasteiger partial charge in [0.2, 0.25) is 0 Å². The zero-order valence-electron chi connectivity index (χ0n) is 9.79. The molecule has 0 spiro atoms. The Morgan fingerprint density at radius 2 is 2.12 bits per heavy atom. The van der Waals surface area contributed by atoms with Gasteiger partial charge in [0.1, 0.15) is 11.3 Å². The predicted molar refractivity (Wildman–Crippen MR) is 65.5 cm³/mol. The molecule has 1 N–H and O–H groups in total. The predicted octanol–water partition coefficient (Wildman–Crippen LogP) is 3.41. The Hall–Kier alpha value is -1.28. The SMILES string of the molecule is CNC(c1cc2cc(C)ccc2o1)C1CC1. The first-order valence-corrected chi connectivity index (χ1v) is 5.95. The van der Waals surface area contributed by atoms with Crippen LogP contribution in [0.3, 0.4) is 0 Å². The van der Waals surface area contributed by atoms with E-state index in [1.54, 1.807) is 0 Å². The minimum absolute atomic E-state index is 0.396. The van der Waals surface area contributed by atoms with Crippen molar-refractivity contribution in [3.8, 4) is 0 Å². The van der Waals surface area contributed by atoms with Gasteiger partial charge in [-0.1, -0.05) is 11.6 Å². The molecule has 84 valence electrons. The Morgan fingerprint density at radius 3 is 2.81 bits per heavy atom. The van der Waals surface area contributed by atoms with Gasteiger partial charge in [0.15, 0.2) is 0 Å². The summed E-state index contributed by atoms with van der Waals surface area (Å²) in [4.78, 5) is 0. The van der Waals surface area contributed by atoms with Crippen LogP contribution in [0.1, 0.15) is 30.2 Å². The molecule has 0 saturated heterocycles. The quantitative estimate of drug-likeness (QED) is 0.848. The highest BCUT2D eigenvalue weighted by molar-refractivity contribution is 5.78. The molecule has 1 aromatic carbocycles. The third kappa shape index (κ3) is 1.63. The van der Waals surface area contributed by atoms with Gasteiger partial charge >= 0.3 is 0 Å². The van der Waals surface area contributed by atoms with Gasteiger partial charge in [-0.2, -0.15) is 0 Å². The first-order chi connectivity index (χ1) is 7.78. The van der Waals surface area contributed by atoms with Crippen LogP contribution in [-0.4, -0.2) is 7.05 Å². The fourth-order valence-electron chi connectivity index (χ4n) is 2.38. The smallest absolute Gasteiger partial charge is 0.134 e. The minimum atomic E-state index is 0.396. The lowest BCUT2D eigenvalue weighted by atomic mass is 10.1. The maximum absolute atomic E-state index is 5.91. The normalized spacial score (nSPS) is 17.9. The van der Waals surface area contributed by atoms with E-state index in [4.69, 9.17) is 4.42 Å². The third-order valence-electron chi connectivity index (χ3n) is 3.40. The van der Waals surface area contributed by atoms with Crippen LogP contribution in [0, 0.1) is 12.8 Å². The molecule has 1 saturated carbocycles. The molecule has 0 aliphatic heterocycles. The highest BCUT2D eigenvalue weighted by Crippen LogP contribution is 2.42. The Bertz CT molecular complexity index is 510. The first kappa shape index (κ1) is 9.91. The Balaban J connectivity index is 2.03. The number of furan rings is 1. The van der Waals surface area contributed by atoms with Crippen molar-refractivity contribution in [1.29, 1.82) is 0 Å². The van der Waals surface area contributed by atoms with Crippen molar-refractivity contribution in [3.63, 3.8) is 0 Å². The maximum Gasteiger partial charge on any atom is 0.134 e. The average Bonchev–Trinajstić information content (AvgIpc) is 2.99. The van der Waals surface area contributed by atoms with E-state index in [0.29, 0.717) is 6.04 Å². The number of hydrogen-bond donors (Lipinski definition) is 1. The average molecular weight is 215 g/mol. The maximum atomic E-state index is 5.91. The van der Waals surface area contributed by atoms with E-state index in [1.165, 1.54) is 23.8 Å². The zero-order valence-corrected chi connectivity index (χ0v) is 9.79. The lowest BCUT2D eigenvalue weighted by molar-refractivity contribution is 0.419. The molecule has 3 rings (SSSR count). The molecule has 1 aromatic heterocycles. The molecular formula is C14H17NO.